The maximum atomic E-state index is 11.8. The lowest BCUT2D eigenvalue weighted by atomic mass is 10.3. The molecule has 7 heteroatoms. The van der Waals surface area contributed by atoms with Gasteiger partial charge in [0.25, 0.3) is 0 Å². The molecule has 100 valence electrons. The molecule has 1 aliphatic rings. The minimum Gasteiger partial charge on any atom is -0.348 e. The summed E-state index contributed by atoms with van der Waals surface area (Å²) >= 11 is 0. The summed E-state index contributed by atoms with van der Waals surface area (Å²) in [4.78, 5) is 13.9. The summed E-state index contributed by atoms with van der Waals surface area (Å²) in [6.07, 6.45) is 1.68. The number of amides is 1. The summed E-state index contributed by atoms with van der Waals surface area (Å²) in [5, 5.41) is 14.0. The van der Waals surface area contributed by atoms with Crippen molar-refractivity contribution in [2.75, 3.05) is 32.7 Å². The van der Waals surface area contributed by atoms with E-state index in [2.05, 4.69) is 25.7 Å². The van der Waals surface area contributed by atoms with Crippen LogP contribution in [0.25, 0.3) is 0 Å². The first-order valence-corrected chi connectivity index (χ1v) is 6.36. The molecule has 0 aliphatic carbocycles. The number of nitrogens with zero attached hydrogens (tertiary/aromatic N) is 4. The molecular weight excluding hydrogens is 232 g/mol. The number of hydrogen-bond acceptors (Lipinski definition) is 5. The summed E-state index contributed by atoms with van der Waals surface area (Å²) in [5.41, 5.74) is 0. The average Bonchev–Trinajstić information content (AvgIpc) is 2.85. The normalized spacial score (nSPS) is 16.7. The number of nitrogens with one attached hydrogen (secondary N) is 2. The Morgan fingerprint density at radius 3 is 3.00 bits per heavy atom. The highest BCUT2D eigenvalue weighted by atomic mass is 16.2. The second-order valence-electron chi connectivity index (χ2n) is 4.34. The summed E-state index contributed by atoms with van der Waals surface area (Å²) in [5.74, 6) is 0.841. The Hall–Kier alpha value is -1.47. The van der Waals surface area contributed by atoms with Crippen LogP contribution in [0.4, 0.5) is 0 Å². The van der Waals surface area contributed by atoms with E-state index in [1.165, 1.54) is 0 Å². The molecule has 0 aromatic carbocycles. The molecule has 2 rings (SSSR count). The largest absolute Gasteiger partial charge is 0.348 e. The maximum absolute atomic E-state index is 11.8. The Morgan fingerprint density at radius 2 is 2.28 bits per heavy atom. The fraction of sp³-hybridized carbons (Fsp3) is 0.727. The van der Waals surface area contributed by atoms with E-state index in [1.807, 2.05) is 11.5 Å². The topological polar surface area (TPSA) is 75.1 Å². The quantitative estimate of drug-likeness (QED) is 0.690. The van der Waals surface area contributed by atoms with Crippen LogP contribution in [0.1, 0.15) is 12.7 Å². The molecule has 7 nitrogen and oxygen atoms in total. The molecule has 1 amide bonds. The zero-order chi connectivity index (χ0) is 12.8. The minimum atomic E-state index is 0.0440. The molecule has 1 aliphatic heterocycles. The van der Waals surface area contributed by atoms with Gasteiger partial charge in [0, 0.05) is 32.7 Å². The second-order valence-corrected chi connectivity index (χ2v) is 4.34. The van der Waals surface area contributed by atoms with Gasteiger partial charge in [0.15, 0.2) is 5.82 Å². The lowest BCUT2D eigenvalue weighted by molar-refractivity contribution is -0.122. The van der Waals surface area contributed by atoms with E-state index in [4.69, 9.17) is 0 Å². The fourth-order valence-corrected chi connectivity index (χ4v) is 1.99. The number of rotatable bonds is 5. The van der Waals surface area contributed by atoms with Crippen LogP contribution in [-0.4, -0.2) is 58.3 Å². The molecule has 1 aromatic rings. The molecule has 1 aromatic heterocycles. The molecule has 0 spiro atoms. The predicted molar refractivity (Wildman–Crippen MR) is 66.9 cm³/mol. The molecule has 18 heavy (non-hydrogen) atoms. The van der Waals surface area contributed by atoms with Crippen molar-refractivity contribution >= 4 is 5.91 Å². The van der Waals surface area contributed by atoms with E-state index in [-0.39, 0.29) is 5.91 Å². The third-order valence-electron chi connectivity index (χ3n) is 3.06. The summed E-state index contributed by atoms with van der Waals surface area (Å²) in [6, 6.07) is 0. The van der Waals surface area contributed by atoms with Gasteiger partial charge in [-0.05, 0) is 6.92 Å². The summed E-state index contributed by atoms with van der Waals surface area (Å²) < 4.78 is 1.92. The van der Waals surface area contributed by atoms with Crippen LogP contribution in [0.5, 0.6) is 0 Å². The predicted octanol–water partition coefficient (Wildman–Crippen LogP) is -1.18. The van der Waals surface area contributed by atoms with Gasteiger partial charge in [-0.1, -0.05) is 0 Å². The Labute approximate surface area is 107 Å². The number of carbonyl (C=O) groups excluding carboxylic acids is 1. The van der Waals surface area contributed by atoms with Crippen molar-refractivity contribution in [3.8, 4) is 0 Å². The molecule has 2 heterocycles. The van der Waals surface area contributed by atoms with Crippen LogP contribution in [0.3, 0.4) is 0 Å². The lowest BCUT2D eigenvalue weighted by Crippen LogP contribution is -2.47. The molecule has 0 atom stereocenters. The highest BCUT2D eigenvalue weighted by molar-refractivity contribution is 5.77. The number of hydrogen-bond donors (Lipinski definition) is 2. The lowest BCUT2D eigenvalue weighted by Gasteiger charge is -2.26. The van der Waals surface area contributed by atoms with Gasteiger partial charge in [-0.2, -0.15) is 0 Å². The fourth-order valence-electron chi connectivity index (χ4n) is 1.99. The Bertz CT molecular complexity index is 385. The molecule has 0 saturated carbocycles. The first-order valence-electron chi connectivity index (χ1n) is 6.36. The monoisotopic (exact) mass is 252 g/mol. The molecular formula is C11H20N6O. The highest BCUT2D eigenvalue weighted by Crippen LogP contribution is 1.95. The molecule has 1 saturated heterocycles. The van der Waals surface area contributed by atoms with E-state index in [0.29, 0.717) is 13.1 Å². The standard InChI is InChI=1S/C11H20N6O/c1-2-17-9-14-15-10(17)7-13-11(18)8-16-5-3-12-4-6-16/h9,12H,2-8H2,1H3,(H,13,18). The minimum absolute atomic E-state index is 0.0440. The average molecular weight is 252 g/mol. The number of carbonyl (C=O) groups is 1. The highest BCUT2D eigenvalue weighted by Gasteiger charge is 2.13. The van der Waals surface area contributed by atoms with Crippen molar-refractivity contribution in [2.24, 2.45) is 0 Å². The van der Waals surface area contributed by atoms with E-state index in [1.54, 1.807) is 6.33 Å². The van der Waals surface area contributed by atoms with Crippen molar-refractivity contribution in [3.63, 3.8) is 0 Å². The molecule has 1 fully saturated rings. The Morgan fingerprint density at radius 1 is 1.50 bits per heavy atom. The van der Waals surface area contributed by atoms with Crippen molar-refractivity contribution in [2.45, 2.75) is 20.0 Å². The molecule has 0 radical (unpaired) electrons. The van der Waals surface area contributed by atoms with Crippen LogP contribution in [-0.2, 0) is 17.9 Å². The van der Waals surface area contributed by atoms with E-state index >= 15 is 0 Å². The summed E-state index contributed by atoms with van der Waals surface area (Å²) in [7, 11) is 0. The van der Waals surface area contributed by atoms with Gasteiger partial charge in [-0.25, -0.2) is 0 Å². The molecule has 0 bridgehead atoms. The van der Waals surface area contributed by atoms with Crippen LogP contribution < -0.4 is 10.6 Å². The van der Waals surface area contributed by atoms with Gasteiger partial charge in [0.05, 0.1) is 13.1 Å². The van der Waals surface area contributed by atoms with Crippen molar-refractivity contribution in [1.82, 2.24) is 30.3 Å². The van der Waals surface area contributed by atoms with Crippen molar-refractivity contribution in [1.29, 1.82) is 0 Å². The van der Waals surface area contributed by atoms with E-state index < -0.39 is 0 Å². The van der Waals surface area contributed by atoms with Gasteiger partial charge in [0.2, 0.25) is 5.91 Å². The maximum Gasteiger partial charge on any atom is 0.234 e. The van der Waals surface area contributed by atoms with Crippen LogP contribution >= 0.6 is 0 Å². The van der Waals surface area contributed by atoms with Crippen molar-refractivity contribution < 1.29 is 4.79 Å². The molecule has 0 unspecified atom stereocenters. The van der Waals surface area contributed by atoms with Gasteiger partial charge in [-0.3, -0.25) is 9.69 Å². The third kappa shape index (κ3) is 3.51. The summed E-state index contributed by atoms with van der Waals surface area (Å²) in [6.45, 7) is 7.51. The third-order valence-corrected chi connectivity index (χ3v) is 3.06. The van der Waals surface area contributed by atoms with Crippen molar-refractivity contribution in [3.05, 3.63) is 12.2 Å². The smallest absolute Gasteiger partial charge is 0.234 e. The SMILES string of the molecule is CCn1cnnc1CNC(=O)CN1CCNCC1. The number of piperazine rings is 1. The van der Waals surface area contributed by atoms with Crippen LogP contribution in [0, 0.1) is 0 Å². The van der Waals surface area contributed by atoms with E-state index in [0.717, 1.165) is 38.5 Å². The number of aryl methyl sites for hydroxylation is 1. The van der Waals surface area contributed by atoms with Crippen LogP contribution in [0.15, 0.2) is 6.33 Å². The molecule has 2 N–H and O–H groups in total. The van der Waals surface area contributed by atoms with Gasteiger partial charge < -0.3 is 15.2 Å². The first kappa shape index (κ1) is 13.0. The number of aromatic nitrogens is 3. The zero-order valence-corrected chi connectivity index (χ0v) is 10.7. The van der Waals surface area contributed by atoms with Gasteiger partial charge in [0.1, 0.15) is 6.33 Å². The Balaban J connectivity index is 1.74. The zero-order valence-electron chi connectivity index (χ0n) is 10.7. The van der Waals surface area contributed by atoms with Gasteiger partial charge >= 0.3 is 0 Å². The van der Waals surface area contributed by atoms with Gasteiger partial charge in [-0.15, -0.1) is 10.2 Å². The first-order chi connectivity index (χ1) is 8.79. The van der Waals surface area contributed by atoms with Crippen LogP contribution in [0.2, 0.25) is 0 Å². The second kappa shape index (κ2) is 6.46. The Kier molecular flexibility index (Phi) is 4.66. The van der Waals surface area contributed by atoms with E-state index in [9.17, 15) is 4.79 Å².